The van der Waals surface area contributed by atoms with Gasteiger partial charge in [-0.3, -0.25) is 0 Å². The Hall–Kier alpha value is -0.250. The highest BCUT2D eigenvalue weighted by Crippen LogP contribution is 2.36. The lowest BCUT2D eigenvalue weighted by atomic mass is 9.81. The Kier molecular flexibility index (Phi) is 4.93. The third kappa shape index (κ3) is 3.19. The zero-order valence-electron chi connectivity index (χ0n) is 11.6. The Morgan fingerprint density at radius 1 is 1.39 bits per heavy atom. The fourth-order valence-corrected chi connectivity index (χ4v) is 3.48. The molecule has 0 atom stereocenters. The molecule has 1 fully saturated rings. The van der Waals surface area contributed by atoms with Crippen molar-refractivity contribution in [2.75, 3.05) is 25.9 Å². The van der Waals surface area contributed by atoms with Gasteiger partial charge in [0, 0.05) is 13.1 Å². The van der Waals surface area contributed by atoms with Crippen LogP contribution in [0.3, 0.4) is 0 Å². The summed E-state index contributed by atoms with van der Waals surface area (Å²) in [7, 11) is 0. The molecule has 2 aliphatic rings. The van der Waals surface area contributed by atoms with Crippen molar-refractivity contribution in [1.29, 1.82) is 0 Å². The molecule has 3 heteroatoms. The van der Waals surface area contributed by atoms with E-state index in [0.717, 1.165) is 38.8 Å². The number of allylic oxidation sites excluding steroid dienone is 2. The number of aliphatic hydroxyl groups is 1. The average Bonchev–Trinajstić information content (AvgIpc) is 2.42. The average molecular weight is 267 g/mol. The summed E-state index contributed by atoms with van der Waals surface area (Å²) in [5.74, 6) is 0. The topological polar surface area (TPSA) is 23.5 Å². The van der Waals surface area contributed by atoms with Crippen LogP contribution in [0.1, 0.15) is 39.0 Å². The Balaban J connectivity index is 2.01. The van der Waals surface area contributed by atoms with E-state index in [9.17, 15) is 5.11 Å². The summed E-state index contributed by atoms with van der Waals surface area (Å²) >= 11 is 1.82. The number of hydrogen-bond donors (Lipinski definition) is 1. The minimum atomic E-state index is -0.564. The van der Waals surface area contributed by atoms with Gasteiger partial charge in [-0.15, -0.1) is 11.8 Å². The molecule has 0 radical (unpaired) electrons. The van der Waals surface area contributed by atoms with Crippen LogP contribution in [0.2, 0.25) is 0 Å². The highest BCUT2D eigenvalue weighted by molar-refractivity contribution is 8.02. The molecule has 0 spiro atoms. The highest BCUT2D eigenvalue weighted by Gasteiger charge is 2.35. The molecule has 1 aliphatic carbocycles. The van der Waals surface area contributed by atoms with E-state index in [1.54, 1.807) is 0 Å². The van der Waals surface area contributed by atoms with E-state index in [1.165, 1.54) is 23.4 Å². The van der Waals surface area contributed by atoms with Crippen molar-refractivity contribution in [1.82, 2.24) is 4.90 Å². The van der Waals surface area contributed by atoms with Gasteiger partial charge in [0.15, 0.2) is 0 Å². The van der Waals surface area contributed by atoms with Crippen LogP contribution >= 0.6 is 11.8 Å². The second-order valence-corrected chi connectivity index (χ2v) is 6.32. The first-order chi connectivity index (χ1) is 8.68. The molecule has 0 aromatic heterocycles. The Labute approximate surface area is 115 Å². The number of likely N-dealkylation sites (tertiary alicyclic amines) is 1. The maximum atomic E-state index is 10.8. The predicted octanol–water partition coefficient (Wildman–Crippen LogP) is 3.19. The molecular weight excluding hydrogens is 242 g/mol. The van der Waals surface area contributed by atoms with Gasteiger partial charge in [0.1, 0.15) is 0 Å². The normalized spacial score (nSPS) is 24.6. The zero-order chi connectivity index (χ0) is 13.0. The summed E-state index contributed by atoms with van der Waals surface area (Å²) < 4.78 is 0. The van der Waals surface area contributed by atoms with Crippen molar-refractivity contribution in [2.45, 2.75) is 44.6 Å². The third-order valence-corrected chi connectivity index (χ3v) is 4.94. The maximum absolute atomic E-state index is 10.8. The molecule has 1 N–H and O–H groups in total. The van der Waals surface area contributed by atoms with Gasteiger partial charge in [0.05, 0.1) is 5.60 Å². The lowest BCUT2D eigenvalue weighted by Crippen LogP contribution is -2.45. The van der Waals surface area contributed by atoms with Gasteiger partial charge in [-0.25, -0.2) is 0 Å². The summed E-state index contributed by atoms with van der Waals surface area (Å²) in [6.45, 7) is 5.45. The van der Waals surface area contributed by atoms with Gasteiger partial charge in [0.25, 0.3) is 0 Å². The van der Waals surface area contributed by atoms with Gasteiger partial charge >= 0.3 is 0 Å². The van der Waals surface area contributed by atoms with Crippen molar-refractivity contribution in [3.05, 3.63) is 22.6 Å². The van der Waals surface area contributed by atoms with Crippen LogP contribution in [0, 0.1) is 0 Å². The SMILES string of the molecule is CCCN1CCC(O)(C2=CCCC(SC)=C2)CC1. The van der Waals surface area contributed by atoms with Crippen LogP contribution in [0.4, 0.5) is 0 Å². The third-order valence-electron chi connectivity index (χ3n) is 4.09. The van der Waals surface area contributed by atoms with Crippen LogP contribution in [0.5, 0.6) is 0 Å². The first-order valence-electron chi connectivity index (χ1n) is 7.08. The van der Waals surface area contributed by atoms with Crippen LogP contribution < -0.4 is 0 Å². The number of piperidine rings is 1. The molecule has 0 bridgehead atoms. The van der Waals surface area contributed by atoms with E-state index in [1.807, 2.05) is 11.8 Å². The first kappa shape index (κ1) is 14.2. The molecular formula is C15H25NOS. The highest BCUT2D eigenvalue weighted by atomic mass is 32.2. The lowest BCUT2D eigenvalue weighted by molar-refractivity contribution is 0.0118. The molecule has 2 rings (SSSR count). The molecule has 0 saturated carbocycles. The molecule has 0 amide bonds. The Bertz CT molecular complexity index is 340. The van der Waals surface area contributed by atoms with Crippen LogP contribution in [0.15, 0.2) is 22.6 Å². The Morgan fingerprint density at radius 2 is 2.11 bits per heavy atom. The molecule has 1 aliphatic heterocycles. The molecule has 0 unspecified atom stereocenters. The summed E-state index contributed by atoms with van der Waals surface area (Å²) in [5.41, 5.74) is 0.611. The summed E-state index contributed by atoms with van der Waals surface area (Å²) in [4.78, 5) is 3.88. The fourth-order valence-electron chi connectivity index (χ4n) is 2.91. The van der Waals surface area contributed by atoms with Gasteiger partial charge in [0.2, 0.25) is 0 Å². The fraction of sp³-hybridized carbons (Fsp3) is 0.733. The molecule has 2 nitrogen and oxygen atoms in total. The second-order valence-electron chi connectivity index (χ2n) is 5.39. The largest absolute Gasteiger partial charge is 0.385 e. The number of hydrogen-bond acceptors (Lipinski definition) is 3. The molecule has 0 aromatic carbocycles. The maximum Gasteiger partial charge on any atom is 0.0918 e. The molecule has 0 aromatic rings. The molecule has 1 heterocycles. The number of nitrogens with zero attached hydrogens (tertiary/aromatic N) is 1. The number of thioether (sulfide) groups is 1. The van der Waals surface area contributed by atoms with E-state index in [2.05, 4.69) is 30.2 Å². The van der Waals surface area contributed by atoms with E-state index >= 15 is 0 Å². The quantitative estimate of drug-likeness (QED) is 0.846. The Morgan fingerprint density at radius 3 is 2.72 bits per heavy atom. The summed E-state index contributed by atoms with van der Waals surface area (Å²) in [6.07, 6.45) is 11.8. The van der Waals surface area contributed by atoms with E-state index < -0.39 is 5.60 Å². The van der Waals surface area contributed by atoms with Crippen molar-refractivity contribution in [3.63, 3.8) is 0 Å². The predicted molar refractivity (Wildman–Crippen MR) is 79.8 cm³/mol. The minimum absolute atomic E-state index is 0.564. The second kappa shape index (κ2) is 6.27. The standard InChI is InChI=1S/C15H25NOS/c1-3-9-16-10-7-15(17,8-11-16)13-5-4-6-14(12-13)18-2/h5,12,17H,3-4,6-11H2,1-2H3. The smallest absolute Gasteiger partial charge is 0.0918 e. The van der Waals surface area contributed by atoms with Crippen LogP contribution in [-0.2, 0) is 0 Å². The van der Waals surface area contributed by atoms with Gasteiger partial charge in [-0.05, 0) is 61.5 Å². The van der Waals surface area contributed by atoms with Crippen molar-refractivity contribution < 1.29 is 5.11 Å². The summed E-state index contributed by atoms with van der Waals surface area (Å²) in [5, 5.41) is 10.8. The van der Waals surface area contributed by atoms with Gasteiger partial charge < -0.3 is 10.0 Å². The van der Waals surface area contributed by atoms with Gasteiger partial charge in [-0.2, -0.15) is 0 Å². The minimum Gasteiger partial charge on any atom is -0.385 e. The van der Waals surface area contributed by atoms with Crippen LogP contribution in [-0.4, -0.2) is 41.5 Å². The van der Waals surface area contributed by atoms with Crippen molar-refractivity contribution >= 4 is 11.8 Å². The van der Waals surface area contributed by atoms with Crippen molar-refractivity contribution in [2.24, 2.45) is 0 Å². The monoisotopic (exact) mass is 267 g/mol. The molecule has 1 saturated heterocycles. The van der Waals surface area contributed by atoms with E-state index in [-0.39, 0.29) is 0 Å². The van der Waals surface area contributed by atoms with E-state index in [0.29, 0.717) is 0 Å². The summed E-state index contributed by atoms with van der Waals surface area (Å²) in [6, 6.07) is 0. The molecule has 102 valence electrons. The van der Waals surface area contributed by atoms with Crippen LogP contribution in [0.25, 0.3) is 0 Å². The zero-order valence-corrected chi connectivity index (χ0v) is 12.4. The first-order valence-corrected chi connectivity index (χ1v) is 8.30. The lowest BCUT2D eigenvalue weighted by Gasteiger charge is -2.39. The van der Waals surface area contributed by atoms with Crippen molar-refractivity contribution in [3.8, 4) is 0 Å². The van der Waals surface area contributed by atoms with E-state index in [4.69, 9.17) is 0 Å². The number of rotatable bonds is 4. The van der Waals surface area contributed by atoms with Gasteiger partial charge in [-0.1, -0.05) is 13.0 Å². The molecule has 18 heavy (non-hydrogen) atoms.